The van der Waals surface area contributed by atoms with Gasteiger partial charge in [0.05, 0.1) is 12.0 Å². The fourth-order valence-corrected chi connectivity index (χ4v) is 1.88. The molecule has 1 unspecified atom stereocenters. The zero-order chi connectivity index (χ0) is 13.6. The van der Waals surface area contributed by atoms with Crippen LogP contribution in [0.2, 0.25) is 0 Å². The average molecular weight is 245 g/mol. The van der Waals surface area contributed by atoms with Crippen molar-refractivity contribution in [2.45, 2.75) is 33.1 Å². The maximum absolute atomic E-state index is 9.04. The second-order valence-corrected chi connectivity index (χ2v) is 5.73. The Bertz CT molecular complexity index is 390. The number of rotatable bonds is 6. The van der Waals surface area contributed by atoms with Crippen molar-refractivity contribution >= 4 is 0 Å². The predicted octanol–water partition coefficient (Wildman–Crippen LogP) is 2.74. The molecule has 18 heavy (non-hydrogen) atoms. The highest BCUT2D eigenvalue weighted by atomic mass is 14.9. The molecule has 98 valence electrons. The minimum absolute atomic E-state index is 0.0555. The quantitative estimate of drug-likeness (QED) is 0.838. The van der Waals surface area contributed by atoms with Gasteiger partial charge >= 0.3 is 0 Å². The number of nitrogens with one attached hydrogen (secondary N) is 1. The highest BCUT2D eigenvalue weighted by Crippen LogP contribution is 2.21. The summed E-state index contributed by atoms with van der Waals surface area (Å²) in [5, 5.41) is 12.5. The molecule has 3 nitrogen and oxygen atoms in total. The monoisotopic (exact) mass is 245 g/mol. The molecule has 0 bridgehead atoms. The van der Waals surface area contributed by atoms with Crippen LogP contribution in [0.5, 0.6) is 0 Å². The first-order valence-electron chi connectivity index (χ1n) is 6.48. The van der Waals surface area contributed by atoms with E-state index in [4.69, 9.17) is 5.26 Å². The summed E-state index contributed by atoms with van der Waals surface area (Å²) >= 11 is 0. The Morgan fingerprint density at radius 3 is 2.44 bits per heavy atom. The topological polar surface area (TPSA) is 48.7 Å². The van der Waals surface area contributed by atoms with Crippen LogP contribution in [0, 0.1) is 23.2 Å². The first-order valence-corrected chi connectivity index (χ1v) is 6.48. The molecule has 1 aromatic heterocycles. The van der Waals surface area contributed by atoms with Crippen LogP contribution in [-0.4, -0.2) is 18.1 Å². The molecule has 0 saturated carbocycles. The van der Waals surface area contributed by atoms with Crippen molar-refractivity contribution in [2.24, 2.45) is 11.8 Å². The summed E-state index contributed by atoms with van der Waals surface area (Å²) in [7, 11) is 0. The van der Waals surface area contributed by atoms with E-state index < -0.39 is 0 Å². The van der Waals surface area contributed by atoms with Crippen LogP contribution in [-0.2, 0) is 5.41 Å². The Hall–Kier alpha value is -1.40. The standard InChI is InChI=1S/C15H23N3/c1-12(2)13(9-16)10-18-11-15(3,4)14-5-7-17-8-6-14/h5-8,12-13,18H,10-11H2,1-4H3. The van der Waals surface area contributed by atoms with Crippen molar-refractivity contribution in [1.82, 2.24) is 10.3 Å². The molecule has 0 aliphatic carbocycles. The first-order chi connectivity index (χ1) is 8.47. The molecular formula is C15H23N3. The Kier molecular flexibility index (Phi) is 5.30. The third-order valence-electron chi connectivity index (χ3n) is 3.36. The van der Waals surface area contributed by atoms with E-state index in [1.807, 2.05) is 24.5 Å². The lowest BCUT2D eigenvalue weighted by atomic mass is 9.85. The minimum Gasteiger partial charge on any atom is -0.315 e. The lowest BCUT2D eigenvalue weighted by molar-refractivity contribution is 0.402. The van der Waals surface area contributed by atoms with E-state index in [2.05, 4.69) is 44.1 Å². The normalized spacial score (nSPS) is 13.3. The molecule has 0 amide bonds. The zero-order valence-electron chi connectivity index (χ0n) is 11.8. The number of aromatic nitrogens is 1. The van der Waals surface area contributed by atoms with E-state index in [0.717, 1.165) is 13.1 Å². The molecule has 0 aliphatic rings. The molecule has 3 heteroatoms. The molecule has 0 saturated heterocycles. The molecule has 1 atom stereocenters. The SMILES string of the molecule is CC(C)C(C#N)CNCC(C)(C)c1ccncc1. The highest BCUT2D eigenvalue weighted by Gasteiger charge is 2.21. The van der Waals surface area contributed by atoms with E-state index in [9.17, 15) is 0 Å². The molecule has 1 N–H and O–H groups in total. The molecule has 0 fully saturated rings. The average Bonchev–Trinajstić information content (AvgIpc) is 2.35. The minimum atomic E-state index is 0.0555. The van der Waals surface area contributed by atoms with E-state index in [0.29, 0.717) is 5.92 Å². The largest absolute Gasteiger partial charge is 0.315 e. The maximum atomic E-state index is 9.04. The van der Waals surface area contributed by atoms with Gasteiger partial charge in [-0.2, -0.15) is 5.26 Å². The number of nitrogens with zero attached hydrogens (tertiary/aromatic N) is 2. The van der Waals surface area contributed by atoms with Gasteiger partial charge in [-0.3, -0.25) is 4.98 Å². The van der Waals surface area contributed by atoms with Crippen LogP contribution in [0.25, 0.3) is 0 Å². The third kappa shape index (κ3) is 4.12. The summed E-state index contributed by atoms with van der Waals surface area (Å²) in [4.78, 5) is 4.04. The maximum Gasteiger partial charge on any atom is 0.0671 e. The summed E-state index contributed by atoms with van der Waals surface area (Å²) in [6.45, 7) is 10.2. The molecule has 1 heterocycles. The smallest absolute Gasteiger partial charge is 0.0671 e. The fraction of sp³-hybridized carbons (Fsp3) is 0.600. The van der Waals surface area contributed by atoms with Gasteiger partial charge in [0, 0.05) is 30.9 Å². The van der Waals surface area contributed by atoms with Crippen LogP contribution in [0.3, 0.4) is 0 Å². The van der Waals surface area contributed by atoms with E-state index >= 15 is 0 Å². The van der Waals surface area contributed by atoms with Gasteiger partial charge in [0.25, 0.3) is 0 Å². The predicted molar refractivity (Wildman–Crippen MR) is 74.1 cm³/mol. The number of pyridine rings is 1. The van der Waals surface area contributed by atoms with Crippen LogP contribution >= 0.6 is 0 Å². The second-order valence-electron chi connectivity index (χ2n) is 5.73. The van der Waals surface area contributed by atoms with Crippen molar-refractivity contribution in [3.05, 3.63) is 30.1 Å². The molecule has 1 rings (SSSR count). The van der Waals surface area contributed by atoms with E-state index in [1.54, 1.807) is 0 Å². The van der Waals surface area contributed by atoms with Gasteiger partial charge in [0.2, 0.25) is 0 Å². The zero-order valence-corrected chi connectivity index (χ0v) is 11.8. The number of nitriles is 1. The van der Waals surface area contributed by atoms with Crippen molar-refractivity contribution in [3.63, 3.8) is 0 Å². The van der Waals surface area contributed by atoms with Crippen LogP contribution in [0.15, 0.2) is 24.5 Å². The van der Waals surface area contributed by atoms with Gasteiger partial charge in [-0.05, 0) is 23.6 Å². The highest BCUT2D eigenvalue weighted by molar-refractivity contribution is 5.20. The lowest BCUT2D eigenvalue weighted by Crippen LogP contribution is -2.36. The molecule has 0 aliphatic heterocycles. The fourth-order valence-electron chi connectivity index (χ4n) is 1.88. The van der Waals surface area contributed by atoms with Crippen molar-refractivity contribution in [3.8, 4) is 6.07 Å². The van der Waals surface area contributed by atoms with Gasteiger partial charge in [0.15, 0.2) is 0 Å². The third-order valence-corrected chi connectivity index (χ3v) is 3.36. The molecule has 0 radical (unpaired) electrons. The van der Waals surface area contributed by atoms with Crippen LogP contribution in [0.1, 0.15) is 33.3 Å². The molecule has 0 spiro atoms. The van der Waals surface area contributed by atoms with Gasteiger partial charge in [0.1, 0.15) is 0 Å². The Morgan fingerprint density at radius 1 is 1.33 bits per heavy atom. The number of hydrogen-bond donors (Lipinski definition) is 1. The van der Waals surface area contributed by atoms with Crippen molar-refractivity contribution < 1.29 is 0 Å². The first kappa shape index (κ1) is 14.7. The van der Waals surface area contributed by atoms with Crippen LogP contribution < -0.4 is 5.32 Å². The van der Waals surface area contributed by atoms with E-state index in [-0.39, 0.29) is 11.3 Å². The van der Waals surface area contributed by atoms with Crippen molar-refractivity contribution in [1.29, 1.82) is 5.26 Å². The molecular weight excluding hydrogens is 222 g/mol. The summed E-state index contributed by atoms with van der Waals surface area (Å²) in [6, 6.07) is 6.45. The van der Waals surface area contributed by atoms with Gasteiger partial charge in [-0.25, -0.2) is 0 Å². The summed E-state index contributed by atoms with van der Waals surface area (Å²) in [6.07, 6.45) is 3.65. The Morgan fingerprint density at radius 2 is 1.94 bits per heavy atom. The van der Waals surface area contributed by atoms with Gasteiger partial charge < -0.3 is 5.32 Å². The van der Waals surface area contributed by atoms with Gasteiger partial charge in [-0.15, -0.1) is 0 Å². The Balaban J connectivity index is 2.51. The van der Waals surface area contributed by atoms with Crippen LogP contribution in [0.4, 0.5) is 0 Å². The summed E-state index contributed by atoms with van der Waals surface area (Å²) in [5.41, 5.74) is 1.32. The van der Waals surface area contributed by atoms with E-state index in [1.165, 1.54) is 5.56 Å². The summed E-state index contributed by atoms with van der Waals surface area (Å²) < 4.78 is 0. The molecule has 1 aromatic rings. The Labute approximate surface area is 110 Å². The summed E-state index contributed by atoms with van der Waals surface area (Å²) in [5.74, 6) is 0.477. The number of hydrogen-bond acceptors (Lipinski definition) is 3. The lowest BCUT2D eigenvalue weighted by Gasteiger charge is -2.26. The second kappa shape index (κ2) is 6.51. The van der Waals surface area contributed by atoms with Gasteiger partial charge in [-0.1, -0.05) is 27.7 Å². The van der Waals surface area contributed by atoms with Crippen molar-refractivity contribution in [2.75, 3.05) is 13.1 Å². The molecule has 0 aromatic carbocycles.